The van der Waals surface area contributed by atoms with Crippen molar-refractivity contribution in [3.05, 3.63) is 72.6 Å². The molecule has 0 spiro atoms. The van der Waals surface area contributed by atoms with Gasteiger partial charge in [-0.15, -0.1) is 0 Å². The number of aliphatic hydroxyl groups excluding tert-OH is 1. The molecule has 2 unspecified atom stereocenters. The Balaban J connectivity index is 0.000000520. The minimum Gasteiger partial charge on any atom is -0.483 e. The molecular formula is C25H31N5O5. The van der Waals surface area contributed by atoms with Gasteiger partial charge in [0.2, 0.25) is 0 Å². The highest BCUT2D eigenvalue weighted by Crippen LogP contribution is 2.43. The lowest BCUT2D eigenvalue weighted by molar-refractivity contribution is -0.123. The molecule has 35 heavy (non-hydrogen) atoms. The van der Waals surface area contributed by atoms with Gasteiger partial charge < -0.3 is 20.3 Å². The van der Waals surface area contributed by atoms with Gasteiger partial charge in [0.1, 0.15) is 5.82 Å². The largest absolute Gasteiger partial charge is 0.483 e. The summed E-state index contributed by atoms with van der Waals surface area (Å²) in [7, 11) is 0. The third kappa shape index (κ3) is 6.72. The molecule has 0 amide bonds. The highest BCUT2D eigenvalue weighted by Gasteiger charge is 2.51. The lowest BCUT2D eigenvalue weighted by Crippen LogP contribution is -2.37. The van der Waals surface area contributed by atoms with Gasteiger partial charge in [0.15, 0.2) is 0 Å². The first kappa shape index (κ1) is 26.0. The quantitative estimate of drug-likeness (QED) is 0.388. The Morgan fingerprint density at radius 1 is 0.971 bits per heavy atom. The number of hydrogen-bond donors (Lipinski definition) is 4. The molecule has 2 aliphatic rings. The first-order valence-electron chi connectivity index (χ1n) is 11.3. The summed E-state index contributed by atoms with van der Waals surface area (Å²) >= 11 is 0. The number of likely N-dealkylation sites (tertiary alicyclic amines) is 2. The summed E-state index contributed by atoms with van der Waals surface area (Å²) in [5, 5.41) is 24.0. The molecule has 5 rings (SSSR count). The Kier molecular flexibility index (Phi) is 9.47. The molecular weight excluding hydrogens is 450 g/mol. The topological polar surface area (TPSA) is 143 Å². The fourth-order valence-electron chi connectivity index (χ4n) is 5.06. The van der Waals surface area contributed by atoms with Gasteiger partial charge in [-0.05, 0) is 28.7 Å². The van der Waals surface area contributed by atoms with Crippen LogP contribution in [0.1, 0.15) is 11.4 Å². The van der Waals surface area contributed by atoms with Crippen LogP contribution < -0.4 is 0 Å². The van der Waals surface area contributed by atoms with Crippen molar-refractivity contribution in [3.8, 4) is 11.1 Å². The maximum Gasteiger partial charge on any atom is 0.290 e. The summed E-state index contributed by atoms with van der Waals surface area (Å²) in [6.45, 7) is 5.48. The number of imidazole rings is 1. The Morgan fingerprint density at radius 2 is 1.63 bits per heavy atom. The monoisotopic (exact) mass is 481 g/mol. The number of fused-ring (bicyclic) bond motifs is 1. The van der Waals surface area contributed by atoms with Crippen LogP contribution >= 0.6 is 0 Å². The summed E-state index contributed by atoms with van der Waals surface area (Å²) in [5.74, 6) is 1.51. The van der Waals surface area contributed by atoms with Gasteiger partial charge in [-0.25, -0.2) is 4.98 Å². The Labute approximate surface area is 203 Å². The van der Waals surface area contributed by atoms with Crippen LogP contribution in [0, 0.1) is 11.3 Å². The molecule has 2 fully saturated rings. The van der Waals surface area contributed by atoms with Gasteiger partial charge in [-0.1, -0.05) is 30.3 Å². The first-order chi connectivity index (χ1) is 17.1. The number of aromatic nitrogens is 3. The standard InChI is InChI=1S/C23H27N5O.2CH2O2/c29-17-23-15-27(12-21(23)13-28(16-23)14-22-25-8-9-26-22)11-18-3-5-19(6-4-18)20-2-1-7-24-10-20;2*2-1-3/h1-10,21,29H,11-17H2,(H,25,26);2*1H,(H,2,3). The number of hydrogen-bond acceptors (Lipinski definition) is 7. The van der Waals surface area contributed by atoms with Crippen molar-refractivity contribution in [3.63, 3.8) is 0 Å². The molecule has 4 N–H and O–H groups in total. The van der Waals surface area contributed by atoms with Crippen molar-refractivity contribution in [2.75, 3.05) is 32.8 Å². The second-order valence-electron chi connectivity index (χ2n) is 8.74. The lowest BCUT2D eigenvalue weighted by atomic mass is 9.82. The second-order valence-corrected chi connectivity index (χ2v) is 8.74. The van der Waals surface area contributed by atoms with Gasteiger partial charge in [0, 0.05) is 62.9 Å². The highest BCUT2D eigenvalue weighted by molar-refractivity contribution is 5.62. The summed E-state index contributed by atoms with van der Waals surface area (Å²) in [6.07, 6.45) is 7.37. The molecule has 0 saturated carbocycles. The summed E-state index contributed by atoms with van der Waals surface area (Å²) < 4.78 is 0. The van der Waals surface area contributed by atoms with Crippen molar-refractivity contribution in [1.82, 2.24) is 24.8 Å². The van der Waals surface area contributed by atoms with Crippen molar-refractivity contribution >= 4 is 12.9 Å². The zero-order valence-electron chi connectivity index (χ0n) is 19.4. The van der Waals surface area contributed by atoms with Crippen LogP contribution in [0.2, 0.25) is 0 Å². The van der Waals surface area contributed by atoms with Crippen molar-refractivity contribution < 1.29 is 24.9 Å². The van der Waals surface area contributed by atoms with E-state index in [4.69, 9.17) is 19.8 Å². The van der Waals surface area contributed by atoms with Gasteiger partial charge in [0.25, 0.3) is 12.9 Å². The highest BCUT2D eigenvalue weighted by atomic mass is 16.3. The van der Waals surface area contributed by atoms with Gasteiger partial charge in [-0.3, -0.25) is 24.4 Å². The number of carbonyl (C=O) groups is 2. The summed E-state index contributed by atoms with van der Waals surface area (Å²) in [4.78, 5) is 33.4. The number of carboxylic acid groups (broad SMARTS) is 2. The normalized spacial score (nSPS) is 21.2. The molecule has 4 heterocycles. The minimum atomic E-state index is -0.250. The average molecular weight is 482 g/mol. The maximum absolute atomic E-state index is 10.2. The smallest absolute Gasteiger partial charge is 0.290 e. The van der Waals surface area contributed by atoms with Crippen LogP contribution in [-0.4, -0.2) is 85.8 Å². The number of benzene rings is 1. The summed E-state index contributed by atoms with van der Waals surface area (Å²) in [5.41, 5.74) is 3.65. The van der Waals surface area contributed by atoms with Gasteiger partial charge in [0.05, 0.1) is 13.2 Å². The van der Waals surface area contributed by atoms with E-state index in [0.29, 0.717) is 5.92 Å². The molecule has 2 aliphatic heterocycles. The molecule has 1 aromatic carbocycles. The molecule has 2 saturated heterocycles. The molecule has 3 aromatic rings. The van der Waals surface area contributed by atoms with E-state index in [1.54, 1.807) is 12.4 Å². The van der Waals surface area contributed by atoms with Crippen molar-refractivity contribution in [2.24, 2.45) is 11.3 Å². The van der Waals surface area contributed by atoms with E-state index in [-0.39, 0.29) is 25.0 Å². The SMILES string of the molecule is O=CO.O=CO.OCC12CN(Cc3ccc(-c4cccnc4)cc3)CC1CN(Cc1ncc[nH]1)C2. The number of rotatable bonds is 6. The van der Waals surface area contributed by atoms with Crippen molar-refractivity contribution in [2.45, 2.75) is 13.1 Å². The predicted molar refractivity (Wildman–Crippen MR) is 129 cm³/mol. The molecule has 10 heteroatoms. The third-order valence-electron chi connectivity index (χ3n) is 6.50. The Hall–Kier alpha value is -3.60. The molecule has 0 bridgehead atoms. The van der Waals surface area contributed by atoms with E-state index in [0.717, 1.165) is 50.7 Å². The van der Waals surface area contributed by atoms with E-state index in [1.165, 1.54) is 11.1 Å². The fourth-order valence-corrected chi connectivity index (χ4v) is 5.06. The van der Waals surface area contributed by atoms with Crippen LogP contribution in [-0.2, 0) is 22.7 Å². The van der Waals surface area contributed by atoms with Crippen LogP contribution in [0.5, 0.6) is 0 Å². The Bertz CT molecular complexity index is 1030. The molecule has 2 aromatic heterocycles. The fraction of sp³-hybridized carbons (Fsp3) is 0.360. The van der Waals surface area contributed by atoms with E-state index in [1.807, 2.05) is 18.5 Å². The number of nitrogens with zero attached hydrogens (tertiary/aromatic N) is 4. The van der Waals surface area contributed by atoms with Crippen LogP contribution in [0.4, 0.5) is 0 Å². The number of aliphatic hydroxyl groups is 1. The van der Waals surface area contributed by atoms with Crippen molar-refractivity contribution in [1.29, 1.82) is 0 Å². The molecule has 2 atom stereocenters. The van der Waals surface area contributed by atoms with E-state index >= 15 is 0 Å². The molecule has 10 nitrogen and oxygen atoms in total. The zero-order chi connectivity index (χ0) is 25.1. The lowest BCUT2D eigenvalue weighted by Gasteiger charge is -2.27. The molecule has 0 aliphatic carbocycles. The van der Waals surface area contributed by atoms with Gasteiger partial charge >= 0.3 is 0 Å². The second kappa shape index (κ2) is 12.7. The first-order valence-corrected chi connectivity index (χ1v) is 11.3. The van der Waals surface area contributed by atoms with Gasteiger partial charge in [-0.2, -0.15) is 0 Å². The number of aromatic amines is 1. The predicted octanol–water partition coefficient (Wildman–Crippen LogP) is 1.80. The number of pyridine rings is 1. The number of H-pyrrole nitrogens is 1. The number of nitrogens with one attached hydrogen (secondary N) is 1. The van der Waals surface area contributed by atoms with Crippen LogP contribution in [0.15, 0.2) is 61.2 Å². The minimum absolute atomic E-state index is 0.0117. The Morgan fingerprint density at radius 3 is 2.14 bits per heavy atom. The van der Waals surface area contributed by atoms with Crippen LogP contribution in [0.3, 0.4) is 0 Å². The van der Waals surface area contributed by atoms with E-state index in [9.17, 15) is 5.11 Å². The van der Waals surface area contributed by atoms with Crippen LogP contribution in [0.25, 0.3) is 11.1 Å². The summed E-state index contributed by atoms with van der Waals surface area (Å²) in [6, 6.07) is 12.8. The molecule has 186 valence electrons. The maximum atomic E-state index is 10.2. The third-order valence-corrected chi connectivity index (χ3v) is 6.50. The zero-order valence-corrected chi connectivity index (χ0v) is 19.4. The molecule has 0 radical (unpaired) electrons. The van der Waals surface area contributed by atoms with E-state index in [2.05, 4.69) is 55.1 Å². The van der Waals surface area contributed by atoms with E-state index < -0.39 is 0 Å². The average Bonchev–Trinajstić information content (AvgIpc) is 3.57.